The summed E-state index contributed by atoms with van der Waals surface area (Å²) in [6.07, 6.45) is 7.18. The molecule has 1 N–H and O–H groups in total. The number of hydrogen-bond donors (Lipinski definition) is 1. The molecular formula is C18H24ClN3O2. The van der Waals surface area contributed by atoms with E-state index < -0.39 is 0 Å². The molecule has 0 spiro atoms. The third-order valence-corrected chi connectivity index (χ3v) is 4.79. The van der Waals surface area contributed by atoms with Crippen LogP contribution in [0.1, 0.15) is 55.1 Å². The van der Waals surface area contributed by atoms with Crippen LogP contribution in [0.2, 0.25) is 5.15 Å². The molecule has 1 aliphatic carbocycles. The third-order valence-electron chi connectivity index (χ3n) is 4.59. The van der Waals surface area contributed by atoms with E-state index in [1.54, 1.807) is 12.1 Å². The van der Waals surface area contributed by atoms with Crippen molar-refractivity contribution >= 4 is 23.2 Å². The van der Waals surface area contributed by atoms with Gasteiger partial charge in [-0.25, -0.2) is 4.98 Å². The van der Waals surface area contributed by atoms with Crippen LogP contribution in [0, 0.1) is 6.92 Å². The summed E-state index contributed by atoms with van der Waals surface area (Å²) in [6.45, 7) is 4.89. The predicted octanol–water partition coefficient (Wildman–Crippen LogP) is 3.76. The topological polar surface area (TPSA) is 55.6 Å². The number of carbonyl (C=O) groups is 1. The maximum atomic E-state index is 12.6. The molecule has 2 aromatic rings. The summed E-state index contributed by atoms with van der Waals surface area (Å²) in [4.78, 5) is 16.9. The van der Waals surface area contributed by atoms with Gasteiger partial charge in [0, 0.05) is 24.5 Å². The van der Waals surface area contributed by atoms with Crippen LogP contribution in [-0.4, -0.2) is 34.0 Å². The SMILES string of the molecule is CCCO[C@H]1CC[C@H](NC(=O)c2ccn3c(C)cc(Cl)nc23)CC1. The Labute approximate surface area is 147 Å². The molecule has 6 heteroatoms. The minimum atomic E-state index is -0.0791. The molecule has 0 aliphatic heterocycles. The number of fused-ring (bicyclic) bond motifs is 1. The Hall–Kier alpha value is -1.59. The lowest BCUT2D eigenvalue weighted by atomic mass is 9.92. The first-order valence-electron chi connectivity index (χ1n) is 8.65. The maximum absolute atomic E-state index is 12.6. The molecule has 0 unspecified atom stereocenters. The second-order valence-electron chi connectivity index (χ2n) is 6.46. The first kappa shape index (κ1) is 17.2. The van der Waals surface area contributed by atoms with Crippen LogP contribution in [0.15, 0.2) is 18.3 Å². The first-order valence-corrected chi connectivity index (χ1v) is 9.03. The van der Waals surface area contributed by atoms with Crippen molar-refractivity contribution in [1.29, 1.82) is 0 Å². The number of hydrogen-bond acceptors (Lipinski definition) is 3. The molecule has 130 valence electrons. The number of amides is 1. The Kier molecular flexibility index (Phi) is 5.41. The maximum Gasteiger partial charge on any atom is 0.255 e. The molecule has 0 atom stereocenters. The molecule has 1 fully saturated rings. The molecule has 2 aromatic heterocycles. The van der Waals surface area contributed by atoms with Crippen molar-refractivity contribution in [3.05, 3.63) is 34.7 Å². The summed E-state index contributed by atoms with van der Waals surface area (Å²) in [5.41, 5.74) is 2.14. The minimum absolute atomic E-state index is 0.0791. The average molecular weight is 350 g/mol. The highest BCUT2D eigenvalue weighted by Crippen LogP contribution is 2.22. The van der Waals surface area contributed by atoms with Gasteiger partial charge in [-0.3, -0.25) is 4.79 Å². The van der Waals surface area contributed by atoms with Crippen LogP contribution in [0.3, 0.4) is 0 Å². The normalized spacial score (nSPS) is 21.1. The molecule has 0 aromatic carbocycles. The highest BCUT2D eigenvalue weighted by molar-refractivity contribution is 6.29. The van der Waals surface area contributed by atoms with E-state index in [0.29, 0.717) is 22.5 Å². The number of nitrogens with zero attached hydrogens (tertiary/aromatic N) is 2. The van der Waals surface area contributed by atoms with Crippen LogP contribution in [0.4, 0.5) is 0 Å². The van der Waals surface area contributed by atoms with Gasteiger partial charge in [-0.15, -0.1) is 0 Å². The lowest BCUT2D eigenvalue weighted by Gasteiger charge is -2.29. The van der Waals surface area contributed by atoms with Crippen molar-refractivity contribution in [2.75, 3.05) is 6.61 Å². The third kappa shape index (κ3) is 3.73. The van der Waals surface area contributed by atoms with Gasteiger partial charge in [0.05, 0.1) is 11.7 Å². The molecule has 24 heavy (non-hydrogen) atoms. The second-order valence-corrected chi connectivity index (χ2v) is 6.85. The molecule has 1 aliphatic rings. The summed E-state index contributed by atoms with van der Waals surface area (Å²) in [6, 6.07) is 3.79. The van der Waals surface area contributed by atoms with Gasteiger partial charge >= 0.3 is 0 Å². The average Bonchev–Trinajstić information content (AvgIpc) is 2.98. The van der Waals surface area contributed by atoms with Gasteiger partial charge in [0.15, 0.2) is 5.65 Å². The van der Waals surface area contributed by atoms with Crippen LogP contribution in [0.25, 0.3) is 5.65 Å². The van der Waals surface area contributed by atoms with Gasteiger partial charge in [-0.2, -0.15) is 0 Å². The largest absolute Gasteiger partial charge is 0.378 e. The van der Waals surface area contributed by atoms with Crippen molar-refractivity contribution < 1.29 is 9.53 Å². The number of halogens is 1. The lowest BCUT2D eigenvalue weighted by Crippen LogP contribution is -2.39. The van der Waals surface area contributed by atoms with Crippen molar-refractivity contribution in [3.63, 3.8) is 0 Å². The van der Waals surface area contributed by atoms with Gasteiger partial charge in [-0.1, -0.05) is 18.5 Å². The fraction of sp³-hybridized carbons (Fsp3) is 0.556. The van der Waals surface area contributed by atoms with Crippen LogP contribution < -0.4 is 5.32 Å². The van der Waals surface area contributed by atoms with E-state index >= 15 is 0 Å². The predicted molar refractivity (Wildman–Crippen MR) is 94.7 cm³/mol. The van der Waals surface area contributed by atoms with Crippen LogP contribution in [0.5, 0.6) is 0 Å². The molecule has 1 amide bonds. The van der Waals surface area contributed by atoms with Crippen molar-refractivity contribution in [1.82, 2.24) is 14.7 Å². The molecule has 0 bridgehead atoms. The summed E-state index contributed by atoms with van der Waals surface area (Å²) < 4.78 is 7.69. The van der Waals surface area contributed by atoms with Crippen LogP contribution in [-0.2, 0) is 4.74 Å². The molecular weight excluding hydrogens is 326 g/mol. The zero-order valence-electron chi connectivity index (χ0n) is 14.2. The second kappa shape index (κ2) is 7.53. The fourth-order valence-corrected chi connectivity index (χ4v) is 3.53. The Morgan fingerprint density at radius 1 is 1.42 bits per heavy atom. The summed E-state index contributed by atoms with van der Waals surface area (Å²) in [5, 5.41) is 3.54. The zero-order valence-corrected chi connectivity index (χ0v) is 15.0. The number of rotatable bonds is 5. The van der Waals surface area contributed by atoms with Gasteiger partial charge in [0.2, 0.25) is 0 Å². The standard InChI is InChI=1S/C18H24ClN3O2/c1-3-10-24-14-6-4-13(5-7-14)20-18(23)15-8-9-22-12(2)11-16(19)21-17(15)22/h8-9,11,13-14H,3-7,10H2,1-2H3,(H,20,23)/t13-,14-. The Balaban J connectivity index is 1.64. The highest BCUT2D eigenvalue weighted by Gasteiger charge is 2.24. The highest BCUT2D eigenvalue weighted by atomic mass is 35.5. The van der Waals surface area contributed by atoms with E-state index in [1.807, 2.05) is 17.5 Å². The fourth-order valence-electron chi connectivity index (χ4n) is 3.30. The lowest BCUT2D eigenvalue weighted by molar-refractivity contribution is 0.0227. The van der Waals surface area contributed by atoms with Gasteiger partial charge in [0.1, 0.15) is 5.15 Å². The van der Waals surface area contributed by atoms with E-state index in [2.05, 4.69) is 17.2 Å². The molecule has 2 heterocycles. The van der Waals surface area contributed by atoms with Gasteiger partial charge in [-0.05, 0) is 51.2 Å². The number of aryl methyl sites for hydroxylation is 1. The van der Waals surface area contributed by atoms with E-state index in [0.717, 1.165) is 44.4 Å². The van der Waals surface area contributed by atoms with Gasteiger partial charge < -0.3 is 14.5 Å². The van der Waals surface area contributed by atoms with Crippen molar-refractivity contribution in [3.8, 4) is 0 Å². The van der Waals surface area contributed by atoms with Gasteiger partial charge in [0.25, 0.3) is 5.91 Å². The number of carbonyl (C=O) groups excluding carboxylic acids is 1. The van der Waals surface area contributed by atoms with E-state index in [-0.39, 0.29) is 11.9 Å². The quantitative estimate of drug-likeness (QED) is 0.836. The molecule has 0 radical (unpaired) electrons. The van der Waals surface area contributed by atoms with Crippen molar-refractivity contribution in [2.45, 2.75) is 58.1 Å². The number of nitrogens with one attached hydrogen (secondary N) is 1. The molecule has 0 saturated heterocycles. The molecule has 1 saturated carbocycles. The Morgan fingerprint density at radius 3 is 2.88 bits per heavy atom. The Bertz CT molecular complexity index is 720. The zero-order chi connectivity index (χ0) is 17.1. The molecule has 5 nitrogen and oxygen atoms in total. The first-order chi connectivity index (χ1) is 11.6. The van der Waals surface area contributed by atoms with E-state index in [1.165, 1.54) is 0 Å². The summed E-state index contributed by atoms with van der Waals surface area (Å²) >= 11 is 6.04. The minimum Gasteiger partial charge on any atom is -0.378 e. The number of aromatic nitrogens is 2. The monoisotopic (exact) mass is 349 g/mol. The summed E-state index contributed by atoms with van der Waals surface area (Å²) in [7, 11) is 0. The van der Waals surface area contributed by atoms with E-state index in [9.17, 15) is 4.79 Å². The Morgan fingerprint density at radius 2 is 2.17 bits per heavy atom. The smallest absolute Gasteiger partial charge is 0.255 e. The van der Waals surface area contributed by atoms with Crippen LogP contribution >= 0.6 is 11.6 Å². The number of ether oxygens (including phenoxy) is 1. The molecule has 3 rings (SSSR count). The summed E-state index contributed by atoms with van der Waals surface area (Å²) in [5.74, 6) is -0.0791. The van der Waals surface area contributed by atoms with E-state index in [4.69, 9.17) is 16.3 Å². The van der Waals surface area contributed by atoms with Crippen molar-refractivity contribution in [2.24, 2.45) is 0 Å².